The van der Waals surface area contributed by atoms with Gasteiger partial charge in [-0.05, 0) is 19.8 Å². The van der Waals surface area contributed by atoms with Crippen LogP contribution in [0.15, 0.2) is 0 Å². The monoisotopic (exact) mass is 474 g/mol. The van der Waals surface area contributed by atoms with Crippen LogP contribution in [0.4, 0.5) is 8.78 Å². The molecule has 32 heavy (non-hydrogen) atoms. The molecule has 1 aliphatic rings. The molecular weight excluding hydrogens is 444 g/mol. The first-order valence-electron chi connectivity index (χ1n) is 9.78. The zero-order valence-electron chi connectivity index (χ0n) is 17.3. The van der Waals surface area contributed by atoms with Gasteiger partial charge in [0, 0.05) is 13.0 Å². The Morgan fingerprint density at radius 3 is 2.38 bits per heavy atom. The highest BCUT2D eigenvalue weighted by atomic mass is 19.3. The molecule has 0 aromatic rings. The fraction of sp³-hybridized carbons (Fsp3) is 0.824. The molecule has 0 aliphatic carbocycles. The highest BCUT2D eigenvalue weighted by Crippen LogP contribution is 2.42. The van der Waals surface area contributed by atoms with Crippen LogP contribution in [0, 0.1) is 0 Å². The summed E-state index contributed by atoms with van der Waals surface area (Å²) >= 11 is 0. The highest BCUT2D eigenvalue weighted by molar-refractivity contribution is 5.85. The van der Waals surface area contributed by atoms with Crippen molar-refractivity contribution in [3.05, 3.63) is 0 Å². The molecule has 0 aromatic carbocycles. The summed E-state index contributed by atoms with van der Waals surface area (Å²) in [4.78, 5) is 34.4. The zero-order valence-corrected chi connectivity index (χ0v) is 17.3. The predicted octanol–water partition coefficient (Wildman–Crippen LogP) is -4.73. The van der Waals surface area contributed by atoms with Crippen molar-refractivity contribution in [3.63, 3.8) is 0 Å². The molecule has 1 heterocycles. The SMILES string of the molecule is C[C@H](NC(=O)[C@@H]([NH3+])CCCCNC(=O)C(F)(F)[C@]1(O)O[C@@H]([C@@H](O)CO)C(O)C1O)C(=O)O. The number of quaternary nitrogens is 1. The summed E-state index contributed by atoms with van der Waals surface area (Å²) < 4.78 is 33.5. The third kappa shape index (κ3) is 6.06. The molecule has 0 radical (unpaired) electrons. The number of rotatable bonds is 12. The molecule has 2 amide bonds. The van der Waals surface area contributed by atoms with Gasteiger partial charge in [-0.1, -0.05) is 0 Å². The van der Waals surface area contributed by atoms with Crippen molar-refractivity contribution in [1.29, 1.82) is 0 Å². The lowest BCUT2D eigenvalue weighted by Gasteiger charge is -2.33. The Kier molecular flexibility index (Phi) is 9.83. The fourth-order valence-electron chi connectivity index (χ4n) is 2.94. The van der Waals surface area contributed by atoms with Gasteiger partial charge in [0.25, 0.3) is 17.6 Å². The molecule has 0 spiro atoms. The standard InChI is InChI=1S/C17H29F2N3O10/c1-7(14(28)29)22-13(27)8(20)4-2-3-5-21-15(30)16(18,19)17(31)12(26)10(25)11(32-17)9(24)6-23/h7-12,23-26,31H,2-6,20H2,1H3,(H,21,30)(H,22,27)(H,28,29)/p+1/t7-,8-,9-,10?,11-,12?,17+/m0/s1. The number of unbranched alkanes of at least 4 members (excludes halogenated alkanes) is 1. The number of aliphatic hydroxyl groups excluding tert-OH is 4. The molecule has 0 bridgehead atoms. The lowest BCUT2D eigenvalue weighted by atomic mass is 9.97. The summed E-state index contributed by atoms with van der Waals surface area (Å²) in [6, 6.07) is -1.92. The van der Waals surface area contributed by atoms with Gasteiger partial charge < -0.3 is 51.7 Å². The average Bonchev–Trinajstić information content (AvgIpc) is 2.97. The lowest BCUT2D eigenvalue weighted by molar-refractivity contribution is -0.405. The van der Waals surface area contributed by atoms with Crippen molar-refractivity contribution >= 4 is 17.8 Å². The van der Waals surface area contributed by atoms with Crippen LogP contribution >= 0.6 is 0 Å². The molecule has 11 N–H and O–H groups in total. The molecule has 1 rings (SSSR count). The number of carboxylic acids is 1. The van der Waals surface area contributed by atoms with E-state index in [1.807, 2.05) is 5.32 Å². The lowest BCUT2D eigenvalue weighted by Crippen LogP contribution is -2.68. The molecule has 13 nitrogen and oxygen atoms in total. The van der Waals surface area contributed by atoms with Crippen LogP contribution in [0.3, 0.4) is 0 Å². The second-order valence-electron chi connectivity index (χ2n) is 7.56. The molecule has 0 aromatic heterocycles. The molecule has 15 heteroatoms. The molecular formula is C17H30F2N3O10+. The summed E-state index contributed by atoms with van der Waals surface area (Å²) in [6.07, 6.45) is -8.20. The number of hydrogen-bond acceptors (Lipinski definition) is 9. The first-order valence-corrected chi connectivity index (χ1v) is 9.78. The number of alkyl halides is 2. The van der Waals surface area contributed by atoms with Crippen LogP contribution in [0.5, 0.6) is 0 Å². The van der Waals surface area contributed by atoms with Gasteiger partial charge in [-0.15, -0.1) is 0 Å². The number of carbonyl (C=O) groups is 3. The van der Waals surface area contributed by atoms with E-state index >= 15 is 0 Å². The number of carbonyl (C=O) groups excluding carboxylic acids is 2. The minimum atomic E-state index is -4.74. The molecule has 1 fully saturated rings. The molecule has 2 unspecified atom stereocenters. The van der Waals surface area contributed by atoms with E-state index in [0.29, 0.717) is 0 Å². The van der Waals surface area contributed by atoms with E-state index in [1.54, 1.807) is 0 Å². The van der Waals surface area contributed by atoms with E-state index in [2.05, 4.69) is 15.8 Å². The number of aliphatic carboxylic acids is 1. The summed E-state index contributed by atoms with van der Waals surface area (Å²) in [5.74, 6) is -12.4. The topological polar surface area (TPSA) is 234 Å². The Hall–Kier alpha value is -2.01. The van der Waals surface area contributed by atoms with E-state index in [1.165, 1.54) is 6.92 Å². The van der Waals surface area contributed by atoms with Gasteiger partial charge in [-0.2, -0.15) is 8.78 Å². The van der Waals surface area contributed by atoms with Gasteiger partial charge in [-0.3, -0.25) is 14.4 Å². The molecule has 1 saturated heterocycles. The van der Waals surface area contributed by atoms with E-state index < -0.39 is 72.6 Å². The van der Waals surface area contributed by atoms with Gasteiger partial charge in [0.15, 0.2) is 6.04 Å². The minimum absolute atomic E-state index is 0.117. The minimum Gasteiger partial charge on any atom is -0.480 e. The van der Waals surface area contributed by atoms with Gasteiger partial charge in [0.1, 0.15) is 30.5 Å². The second kappa shape index (κ2) is 11.2. The maximum atomic E-state index is 14.5. The van der Waals surface area contributed by atoms with Gasteiger partial charge in [0.05, 0.1) is 6.61 Å². The van der Waals surface area contributed by atoms with Crippen LogP contribution in [-0.4, -0.2) is 110 Å². The van der Waals surface area contributed by atoms with Gasteiger partial charge >= 0.3 is 11.9 Å². The maximum Gasteiger partial charge on any atom is 0.379 e. The molecule has 7 atom stereocenters. The first-order chi connectivity index (χ1) is 14.7. The molecule has 1 aliphatic heterocycles. The third-order valence-electron chi connectivity index (χ3n) is 5.04. The van der Waals surface area contributed by atoms with Crippen molar-refractivity contribution in [1.82, 2.24) is 10.6 Å². The molecule has 186 valence electrons. The Morgan fingerprint density at radius 2 is 1.84 bits per heavy atom. The first kappa shape index (κ1) is 28.0. The zero-order chi connectivity index (χ0) is 24.9. The summed E-state index contributed by atoms with van der Waals surface area (Å²) in [6.45, 7) is -0.0676. The summed E-state index contributed by atoms with van der Waals surface area (Å²) in [5.41, 5.74) is 3.58. The van der Waals surface area contributed by atoms with Crippen LogP contribution < -0.4 is 16.4 Å². The van der Waals surface area contributed by atoms with Crippen molar-refractivity contribution in [2.24, 2.45) is 0 Å². The van der Waals surface area contributed by atoms with Crippen LogP contribution in [0.25, 0.3) is 0 Å². The van der Waals surface area contributed by atoms with Crippen LogP contribution in [-0.2, 0) is 19.1 Å². The Bertz CT molecular complexity index is 685. The van der Waals surface area contributed by atoms with Crippen LogP contribution in [0.1, 0.15) is 26.2 Å². The quantitative estimate of drug-likeness (QED) is 0.123. The van der Waals surface area contributed by atoms with Crippen LogP contribution in [0.2, 0.25) is 0 Å². The highest BCUT2D eigenvalue weighted by Gasteiger charge is 2.71. The normalized spacial score (nSPS) is 28.6. The largest absolute Gasteiger partial charge is 0.480 e. The Morgan fingerprint density at radius 1 is 1.25 bits per heavy atom. The van der Waals surface area contributed by atoms with Crippen molar-refractivity contribution in [2.45, 2.75) is 74.4 Å². The van der Waals surface area contributed by atoms with Crippen molar-refractivity contribution in [3.8, 4) is 0 Å². The molecule has 0 saturated carbocycles. The predicted molar refractivity (Wildman–Crippen MR) is 98.7 cm³/mol. The van der Waals surface area contributed by atoms with E-state index in [9.17, 15) is 43.6 Å². The van der Waals surface area contributed by atoms with E-state index in [4.69, 9.17) is 10.2 Å². The smallest absolute Gasteiger partial charge is 0.379 e. The van der Waals surface area contributed by atoms with Gasteiger partial charge in [0.2, 0.25) is 0 Å². The van der Waals surface area contributed by atoms with E-state index in [0.717, 1.165) is 0 Å². The number of nitrogens with one attached hydrogen (secondary N) is 2. The number of aliphatic hydroxyl groups is 5. The Labute approximate surface area is 181 Å². The Balaban J connectivity index is 2.55. The second-order valence-corrected chi connectivity index (χ2v) is 7.56. The number of amides is 2. The summed E-state index contributed by atoms with van der Waals surface area (Å²) in [7, 11) is 0. The maximum absolute atomic E-state index is 14.5. The van der Waals surface area contributed by atoms with Crippen molar-refractivity contribution in [2.75, 3.05) is 13.2 Å². The summed E-state index contributed by atoms with van der Waals surface area (Å²) in [5, 5.41) is 60.7. The average molecular weight is 474 g/mol. The number of ether oxygens (including phenoxy) is 1. The third-order valence-corrected chi connectivity index (χ3v) is 5.04. The number of halogens is 2. The fourth-order valence-corrected chi connectivity index (χ4v) is 2.94. The number of carboxylic acid groups (broad SMARTS) is 1. The van der Waals surface area contributed by atoms with E-state index in [-0.39, 0.29) is 25.8 Å². The van der Waals surface area contributed by atoms with Gasteiger partial charge in [-0.25, -0.2) is 0 Å². The number of hydrogen-bond donors (Lipinski definition) is 9. The van der Waals surface area contributed by atoms with Crippen molar-refractivity contribution < 1.29 is 64.3 Å².